The molecule has 0 spiro atoms. The lowest BCUT2D eigenvalue weighted by atomic mass is 10.1. The van der Waals surface area contributed by atoms with E-state index in [0.717, 1.165) is 22.4 Å². The molecule has 3 aromatic carbocycles. The molecular weight excluding hydrogens is 460 g/mol. The van der Waals surface area contributed by atoms with Crippen LogP contribution in [-0.4, -0.2) is 20.4 Å². The monoisotopic (exact) mass is 486 g/mol. The zero-order chi connectivity index (χ0) is 24.2. The second-order valence-corrected chi connectivity index (χ2v) is 10.1. The lowest BCUT2D eigenvalue weighted by Gasteiger charge is -2.13. The topological polar surface area (TPSA) is 84.5 Å². The highest BCUT2D eigenvalue weighted by Crippen LogP contribution is 2.27. The fourth-order valence-electron chi connectivity index (χ4n) is 3.22. The van der Waals surface area contributed by atoms with Crippen LogP contribution in [-0.2, 0) is 16.6 Å². The number of carbonyl (C=O) groups excluding carboxylic acids is 1. The normalized spacial score (nSPS) is 11.3. The van der Waals surface area contributed by atoms with Crippen molar-refractivity contribution in [1.82, 2.24) is 5.32 Å². The Labute approximate surface area is 200 Å². The van der Waals surface area contributed by atoms with E-state index in [1.807, 2.05) is 64.1 Å². The predicted molar refractivity (Wildman–Crippen MR) is 132 cm³/mol. The summed E-state index contributed by atoms with van der Waals surface area (Å²) in [4.78, 5) is 12.5. The molecule has 0 heterocycles. The van der Waals surface area contributed by atoms with E-state index >= 15 is 0 Å². The zero-order valence-electron chi connectivity index (χ0n) is 19.0. The number of rotatable bonds is 8. The van der Waals surface area contributed by atoms with Crippen molar-refractivity contribution in [2.45, 2.75) is 45.2 Å². The van der Waals surface area contributed by atoms with Gasteiger partial charge in [-0.05, 0) is 75.2 Å². The average Bonchev–Trinajstić information content (AvgIpc) is 2.75. The van der Waals surface area contributed by atoms with Crippen LogP contribution in [0.1, 0.15) is 40.9 Å². The summed E-state index contributed by atoms with van der Waals surface area (Å²) >= 11 is 6.18. The van der Waals surface area contributed by atoms with Crippen molar-refractivity contribution >= 4 is 33.2 Å². The van der Waals surface area contributed by atoms with Crippen molar-refractivity contribution in [2.24, 2.45) is 0 Å². The molecule has 2 N–H and O–H groups in total. The first-order chi connectivity index (χ1) is 15.5. The summed E-state index contributed by atoms with van der Waals surface area (Å²) < 4.78 is 34.1. The molecule has 0 aliphatic carbocycles. The molecule has 0 saturated carbocycles. The second kappa shape index (κ2) is 10.3. The van der Waals surface area contributed by atoms with E-state index < -0.39 is 15.9 Å². The molecular formula is C25H27ClN2O4S. The molecule has 0 fully saturated rings. The standard InChI is InChI=1S/C25H27ClN2O4S/c1-16(2)32-21-9-6-19(7-10-21)15-27-25(29)20-8-11-22(26)24(14-20)33(30,31)28-23-12-5-17(3)13-18(23)4/h5-14,16,28H,15H2,1-4H3,(H,27,29). The fourth-order valence-corrected chi connectivity index (χ4v) is 4.88. The number of anilines is 1. The lowest BCUT2D eigenvalue weighted by molar-refractivity contribution is 0.0950. The maximum atomic E-state index is 13.0. The SMILES string of the molecule is Cc1ccc(NS(=O)(=O)c2cc(C(=O)NCc3ccc(OC(C)C)cc3)ccc2Cl)c(C)c1. The first-order valence-corrected chi connectivity index (χ1v) is 12.3. The smallest absolute Gasteiger partial charge is 0.263 e. The number of benzene rings is 3. The summed E-state index contributed by atoms with van der Waals surface area (Å²) in [5.74, 6) is 0.348. The summed E-state index contributed by atoms with van der Waals surface area (Å²) in [6.45, 7) is 7.93. The Kier molecular flexibility index (Phi) is 7.66. The summed E-state index contributed by atoms with van der Waals surface area (Å²) in [5, 5.41) is 2.83. The minimum absolute atomic E-state index is 0.0320. The average molecular weight is 487 g/mol. The predicted octanol–water partition coefficient (Wildman–Crippen LogP) is 5.47. The van der Waals surface area contributed by atoms with E-state index in [1.165, 1.54) is 18.2 Å². The van der Waals surface area contributed by atoms with Crippen LogP contribution in [0.5, 0.6) is 5.75 Å². The van der Waals surface area contributed by atoms with Gasteiger partial charge < -0.3 is 10.1 Å². The van der Waals surface area contributed by atoms with Gasteiger partial charge in [-0.1, -0.05) is 41.4 Å². The van der Waals surface area contributed by atoms with Crippen molar-refractivity contribution in [3.05, 3.63) is 87.9 Å². The molecule has 3 rings (SSSR count). The molecule has 0 aliphatic rings. The Morgan fingerprint density at radius 1 is 1.00 bits per heavy atom. The number of carbonyl (C=O) groups is 1. The summed E-state index contributed by atoms with van der Waals surface area (Å²) in [7, 11) is -3.99. The highest BCUT2D eigenvalue weighted by Gasteiger charge is 2.21. The van der Waals surface area contributed by atoms with Gasteiger partial charge in [0.2, 0.25) is 0 Å². The lowest BCUT2D eigenvalue weighted by Crippen LogP contribution is -2.23. The van der Waals surface area contributed by atoms with Crippen LogP contribution >= 0.6 is 11.6 Å². The van der Waals surface area contributed by atoms with Crippen LogP contribution < -0.4 is 14.8 Å². The Bertz CT molecular complexity index is 1260. The zero-order valence-corrected chi connectivity index (χ0v) is 20.5. The van der Waals surface area contributed by atoms with Crippen LogP contribution in [0.4, 0.5) is 5.69 Å². The van der Waals surface area contributed by atoms with Gasteiger partial charge in [-0.3, -0.25) is 9.52 Å². The van der Waals surface area contributed by atoms with Crippen molar-refractivity contribution < 1.29 is 17.9 Å². The molecule has 33 heavy (non-hydrogen) atoms. The molecule has 0 unspecified atom stereocenters. The Morgan fingerprint density at radius 3 is 2.33 bits per heavy atom. The molecule has 8 heteroatoms. The number of hydrogen-bond donors (Lipinski definition) is 2. The third-order valence-corrected chi connectivity index (χ3v) is 6.70. The molecule has 0 aromatic heterocycles. The van der Waals surface area contributed by atoms with Gasteiger partial charge in [0.25, 0.3) is 15.9 Å². The number of amides is 1. The highest BCUT2D eigenvalue weighted by atomic mass is 35.5. The van der Waals surface area contributed by atoms with E-state index in [1.54, 1.807) is 6.07 Å². The van der Waals surface area contributed by atoms with Gasteiger partial charge >= 0.3 is 0 Å². The van der Waals surface area contributed by atoms with Crippen LogP contribution in [0.25, 0.3) is 0 Å². The van der Waals surface area contributed by atoms with Gasteiger partial charge in [0.1, 0.15) is 10.6 Å². The minimum atomic E-state index is -3.99. The fraction of sp³-hybridized carbons (Fsp3) is 0.240. The number of hydrogen-bond acceptors (Lipinski definition) is 4. The van der Waals surface area contributed by atoms with E-state index in [9.17, 15) is 13.2 Å². The Morgan fingerprint density at radius 2 is 1.70 bits per heavy atom. The molecule has 0 aliphatic heterocycles. The van der Waals surface area contributed by atoms with Gasteiger partial charge in [-0.2, -0.15) is 0 Å². The molecule has 1 amide bonds. The number of ether oxygens (including phenoxy) is 1. The molecule has 0 atom stereocenters. The van der Waals surface area contributed by atoms with E-state index in [4.69, 9.17) is 16.3 Å². The van der Waals surface area contributed by atoms with Gasteiger partial charge in [-0.25, -0.2) is 8.42 Å². The van der Waals surface area contributed by atoms with E-state index in [-0.39, 0.29) is 28.1 Å². The first kappa shape index (κ1) is 24.6. The molecule has 0 radical (unpaired) electrons. The second-order valence-electron chi connectivity index (χ2n) is 8.06. The maximum absolute atomic E-state index is 13.0. The van der Waals surface area contributed by atoms with Crippen LogP contribution in [0.2, 0.25) is 5.02 Å². The molecule has 0 saturated heterocycles. The minimum Gasteiger partial charge on any atom is -0.491 e. The van der Waals surface area contributed by atoms with Crippen molar-refractivity contribution in [1.29, 1.82) is 0 Å². The third kappa shape index (κ3) is 6.49. The highest BCUT2D eigenvalue weighted by molar-refractivity contribution is 7.92. The van der Waals surface area contributed by atoms with Gasteiger partial charge in [0.05, 0.1) is 16.8 Å². The first-order valence-electron chi connectivity index (χ1n) is 10.5. The summed E-state index contributed by atoms with van der Waals surface area (Å²) in [6.07, 6.45) is 0.0790. The summed E-state index contributed by atoms with van der Waals surface area (Å²) in [6, 6.07) is 17.0. The maximum Gasteiger partial charge on any atom is 0.263 e. The molecule has 6 nitrogen and oxygen atoms in total. The number of aryl methyl sites for hydroxylation is 2. The Hall–Kier alpha value is -3.03. The Balaban J connectivity index is 1.74. The quantitative estimate of drug-likeness (QED) is 0.442. The van der Waals surface area contributed by atoms with E-state index in [0.29, 0.717) is 5.69 Å². The third-order valence-electron chi connectivity index (χ3n) is 4.86. The number of sulfonamides is 1. The van der Waals surface area contributed by atoms with E-state index in [2.05, 4.69) is 10.0 Å². The van der Waals surface area contributed by atoms with Crippen LogP contribution in [0.3, 0.4) is 0 Å². The molecule has 0 bridgehead atoms. The molecule has 174 valence electrons. The van der Waals surface area contributed by atoms with Crippen molar-refractivity contribution in [3.63, 3.8) is 0 Å². The van der Waals surface area contributed by atoms with Crippen LogP contribution in [0.15, 0.2) is 65.6 Å². The van der Waals surface area contributed by atoms with Crippen molar-refractivity contribution in [2.75, 3.05) is 4.72 Å². The van der Waals surface area contributed by atoms with Gasteiger partial charge in [-0.15, -0.1) is 0 Å². The van der Waals surface area contributed by atoms with Gasteiger partial charge in [0.15, 0.2) is 0 Å². The number of nitrogens with one attached hydrogen (secondary N) is 2. The van der Waals surface area contributed by atoms with Crippen molar-refractivity contribution in [3.8, 4) is 5.75 Å². The van der Waals surface area contributed by atoms with Gasteiger partial charge in [0, 0.05) is 12.1 Å². The number of halogens is 1. The molecule has 3 aromatic rings. The summed E-state index contributed by atoms with van der Waals surface area (Å²) in [5.41, 5.74) is 3.34. The largest absolute Gasteiger partial charge is 0.491 e. The van der Waals surface area contributed by atoms with Crippen LogP contribution in [0, 0.1) is 13.8 Å².